The van der Waals surface area contributed by atoms with Crippen molar-refractivity contribution in [3.63, 3.8) is 0 Å². The van der Waals surface area contributed by atoms with Crippen LogP contribution in [0.5, 0.6) is 0 Å². The first kappa shape index (κ1) is 18.1. The summed E-state index contributed by atoms with van der Waals surface area (Å²) >= 11 is 12.1. The van der Waals surface area contributed by atoms with E-state index in [1.807, 2.05) is 26.0 Å². The molecule has 0 spiro atoms. The van der Waals surface area contributed by atoms with E-state index >= 15 is 0 Å². The Hall–Kier alpha value is -0.970. The molecule has 0 heterocycles. The topological polar surface area (TPSA) is 45.6 Å². The molecular weight excluding hydrogens is 309 g/mol. The highest BCUT2D eigenvalue weighted by Crippen LogP contribution is 2.25. The molecule has 6 heteroatoms. The Morgan fingerprint density at radius 2 is 2.14 bits per heavy atom. The molecule has 0 fully saturated rings. The summed E-state index contributed by atoms with van der Waals surface area (Å²) in [5, 5.41) is 7.84. The van der Waals surface area contributed by atoms with E-state index in [2.05, 4.69) is 15.6 Å². The lowest BCUT2D eigenvalue weighted by Gasteiger charge is -2.19. The van der Waals surface area contributed by atoms with Crippen molar-refractivity contribution in [2.45, 2.75) is 26.3 Å². The van der Waals surface area contributed by atoms with E-state index in [4.69, 9.17) is 27.9 Å². The van der Waals surface area contributed by atoms with Crippen LogP contribution in [0.4, 0.5) is 0 Å². The van der Waals surface area contributed by atoms with Gasteiger partial charge in [0.15, 0.2) is 5.96 Å². The maximum atomic E-state index is 6.21. The number of hydrogen-bond donors (Lipinski definition) is 2. The first-order valence-corrected chi connectivity index (χ1v) is 7.84. The van der Waals surface area contributed by atoms with Crippen LogP contribution in [0.1, 0.15) is 31.9 Å². The molecule has 21 heavy (non-hydrogen) atoms. The number of benzene rings is 1. The largest absolute Gasteiger partial charge is 0.382 e. The molecule has 1 atom stereocenters. The van der Waals surface area contributed by atoms with E-state index in [-0.39, 0.29) is 6.04 Å². The number of ether oxygens (including phenoxy) is 1. The fourth-order valence-corrected chi connectivity index (χ4v) is 2.43. The van der Waals surface area contributed by atoms with E-state index in [0.717, 1.165) is 37.7 Å². The summed E-state index contributed by atoms with van der Waals surface area (Å²) in [6.45, 7) is 6.33. The molecule has 2 N–H and O–H groups in total. The van der Waals surface area contributed by atoms with Gasteiger partial charge in [-0.25, -0.2) is 0 Å². The average Bonchev–Trinajstić information content (AvgIpc) is 2.45. The van der Waals surface area contributed by atoms with Gasteiger partial charge in [0.1, 0.15) is 0 Å². The second kappa shape index (κ2) is 9.87. The first-order valence-electron chi connectivity index (χ1n) is 7.08. The van der Waals surface area contributed by atoms with Gasteiger partial charge in [0.05, 0.1) is 6.04 Å². The van der Waals surface area contributed by atoms with Crippen molar-refractivity contribution in [2.75, 3.05) is 26.8 Å². The minimum Gasteiger partial charge on any atom is -0.382 e. The lowest BCUT2D eigenvalue weighted by Crippen LogP contribution is -2.39. The van der Waals surface area contributed by atoms with Crippen LogP contribution in [-0.2, 0) is 4.74 Å². The highest BCUT2D eigenvalue weighted by atomic mass is 35.5. The maximum Gasteiger partial charge on any atom is 0.191 e. The van der Waals surface area contributed by atoms with Crippen LogP contribution >= 0.6 is 23.2 Å². The van der Waals surface area contributed by atoms with Gasteiger partial charge in [-0.05, 0) is 38.0 Å². The zero-order valence-electron chi connectivity index (χ0n) is 12.7. The summed E-state index contributed by atoms with van der Waals surface area (Å²) in [5.41, 5.74) is 0.985. The van der Waals surface area contributed by atoms with Crippen molar-refractivity contribution in [3.05, 3.63) is 33.8 Å². The smallest absolute Gasteiger partial charge is 0.191 e. The summed E-state index contributed by atoms with van der Waals surface area (Å²) in [4.78, 5) is 4.20. The van der Waals surface area contributed by atoms with Gasteiger partial charge in [0.25, 0.3) is 0 Å². The highest BCUT2D eigenvalue weighted by Gasteiger charge is 2.11. The quantitative estimate of drug-likeness (QED) is 0.455. The Labute approximate surface area is 136 Å². The van der Waals surface area contributed by atoms with Gasteiger partial charge in [-0.15, -0.1) is 0 Å². The van der Waals surface area contributed by atoms with Crippen molar-refractivity contribution < 1.29 is 4.74 Å². The van der Waals surface area contributed by atoms with Gasteiger partial charge in [-0.3, -0.25) is 4.99 Å². The SMILES string of the molecule is CCOCCCNC(=NC)NC(C)c1ccc(Cl)cc1Cl. The summed E-state index contributed by atoms with van der Waals surface area (Å²) in [7, 11) is 1.74. The van der Waals surface area contributed by atoms with Crippen molar-refractivity contribution in [1.82, 2.24) is 10.6 Å². The molecule has 0 saturated carbocycles. The predicted octanol–water partition coefficient (Wildman–Crippen LogP) is 3.65. The van der Waals surface area contributed by atoms with E-state index < -0.39 is 0 Å². The minimum atomic E-state index is 0.0351. The zero-order chi connectivity index (χ0) is 15.7. The van der Waals surface area contributed by atoms with Gasteiger partial charge in [0, 0.05) is 36.9 Å². The Morgan fingerprint density at radius 1 is 1.38 bits per heavy atom. The van der Waals surface area contributed by atoms with E-state index in [9.17, 15) is 0 Å². The van der Waals surface area contributed by atoms with Gasteiger partial charge < -0.3 is 15.4 Å². The molecule has 0 radical (unpaired) electrons. The molecule has 0 aliphatic carbocycles. The number of nitrogens with zero attached hydrogens (tertiary/aromatic N) is 1. The number of hydrogen-bond acceptors (Lipinski definition) is 2. The maximum absolute atomic E-state index is 6.21. The summed E-state index contributed by atoms with van der Waals surface area (Å²) < 4.78 is 5.30. The first-order chi connectivity index (χ1) is 10.1. The third kappa shape index (κ3) is 6.55. The van der Waals surface area contributed by atoms with Crippen LogP contribution < -0.4 is 10.6 Å². The summed E-state index contributed by atoms with van der Waals surface area (Å²) in [5.74, 6) is 0.741. The second-order valence-electron chi connectivity index (χ2n) is 4.58. The number of nitrogens with one attached hydrogen (secondary N) is 2. The van der Waals surface area contributed by atoms with Crippen LogP contribution in [-0.4, -0.2) is 32.8 Å². The molecule has 0 amide bonds. The number of rotatable bonds is 7. The van der Waals surface area contributed by atoms with Crippen LogP contribution in [0.15, 0.2) is 23.2 Å². The number of aliphatic imine (C=N–C) groups is 1. The fraction of sp³-hybridized carbons (Fsp3) is 0.533. The van der Waals surface area contributed by atoms with E-state index in [0.29, 0.717) is 10.0 Å². The van der Waals surface area contributed by atoms with Crippen molar-refractivity contribution in [2.24, 2.45) is 4.99 Å². The summed E-state index contributed by atoms with van der Waals surface area (Å²) in [6, 6.07) is 5.53. The van der Waals surface area contributed by atoms with Crippen molar-refractivity contribution >= 4 is 29.2 Å². The lowest BCUT2D eigenvalue weighted by molar-refractivity contribution is 0.145. The molecule has 4 nitrogen and oxygen atoms in total. The van der Waals surface area contributed by atoms with E-state index in [1.165, 1.54) is 0 Å². The molecule has 0 saturated heterocycles. The predicted molar refractivity (Wildman–Crippen MR) is 90.5 cm³/mol. The van der Waals surface area contributed by atoms with Crippen LogP contribution in [0.25, 0.3) is 0 Å². The third-order valence-electron chi connectivity index (χ3n) is 2.97. The van der Waals surface area contributed by atoms with Gasteiger partial charge in [0.2, 0.25) is 0 Å². The lowest BCUT2D eigenvalue weighted by atomic mass is 10.1. The number of guanidine groups is 1. The van der Waals surface area contributed by atoms with Gasteiger partial charge in [-0.1, -0.05) is 29.3 Å². The van der Waals surface area contributed by atoms with Crippen LogP contribution in [0.2, 0.25) is 10.0 Å². The highest BCUT2D eigenvalue weighted by molar-refractivity contribution is 6.35. The Bertz CT molecular complexity index is 466. The van der Waals surface area contributed by atoms with Crippen molar-refractivity contribution in [3.8, 4) is 0 Å². The molecule has 0 bridgehead atoms. The van der Waals surface area contributed by atoms with Crippen molar-refractivity contribution in [1.29, 1.82) is 0 Å². The zero-order valence-corrected chi connectivity index (χ0v) is 14.3. The molecule has 1 rings (SSSR count). The molecule has 0 aliphatic heterocycles. The monoisotopic (exact) mass is 331 g/mol. The Morgan fingerprint density at radius 3 is 2.76 bits per heavy atom. The minimum absolute atomic E-state index is 0.0351. The summed E-state index contributed by atoms with van der Waals surface area (Å²) in [6.07, 6.45) is 0.935. The normalized spacial score (nSPS) is 13.1. The third-order valence-corrected chi connectivity index (χ3v) is 3.53. The molecule has 118 valence electrons. The van der Waals surface area contributed by atoms with Crippen LogP contribution in [0, 0.1) is 0 Å². The average molecular weight is 332 g/mol. The molecule has 0 aromatic heterocycles. The van der Waals surface area contributed by atoms with Crippen LogP contribution in [0.3, 0.4) is 0 Å². The van der Waals surface area contributed by atoms with Gasteiger partial charge >= 0.3 is 0 Å². The number of halogens is 2. The molecule has 1 aromatic carbocycles. The fourth-order valence-electron chi connectivity index (χ4n) is 1.86. The molecular formula is C15H23Cl2N3O. The second-order valence-corrected chi connectivity index (χ2v) is 5.42. The molecule has 1 unspecified atom stereocenters. The Kier molecular flexibility index (Phi) is 8.50. The van der Waals surface area contributed by atoms with E-state index in [1.54, 1.807) is 13.1 Å². The molecule has 0 aliphatic rings. The molecule has 1 aromatic rings. The standard InChI is InChI=1S/C15H23Cl2N3O/c1-4-21-9-5-8-19-15(18-3)20-11(2)13-7-6-12(16)10-14(13)17/h6-7,10-11H,4-5,8-9H2,1-3H3,(H2,18,19,20). The van der Waals surface area contributed by atoms with Gasteiger partial charge in [-0.2, -0.15) is 0 Å². The Balaban J connectivity index is 2.49.